The number of urea groups is 1. The number of ether oxygens (including phenoxy) is 1. The van der Waals surface area contributed by atoms with Gasteiger partial charge in [-0.05, 0) is 11.5 Å². The van der Waals surface area contributed by atoms with Crippen LogP contribution in [0.5, 0.6) is 0 Å². The first-order valence-corrected chi connectivity index (χ1v) is 6.85. The molecule has 0 aliphatic heterocycles. The zero-order valence-corrected chi connectivity index (χ0v) is 12.3. The molecule has 2 atom stereocenters. The Kier molecular flexibility index (Phi) is 7.25. The third kappa shape index (κ3) is 6.27. The number of nitrogens with one attached hydrogen (secondary N) is 2. The molecule has 0 fully saturated rings. The molecule has 0 aliphatic rings. The predicted molar refractivity (Wildman–Crippen MR) is 79.3 cm³/mol. The minimum absolute atomic E-state index is 0.152. The highest BCUT2D eigenvalue weighted by Crippen LogP contribution is 2.12. The lowest BCUT2D eigenvalue weighted by Crippen LogP contribution is -2.47. The van der Waals surface area contributed by atoms with Crippen molar-refractivity contribution in [1.82, 2.24) is 10.6 Å². The maximum atomic E-state index is 11.7. The molecular weight excluding hydrogens is 272 g/mol. The summed E-state index contributed by atoms with van der Waals surface area (Å²) in [5, 5.41) is 14.1. The minimum atomic E-state index is -1.07. The fraction of sp³-hybridized carbons (Fsp3) is 0.467. The number of methoxy groups -OCH3 is 1. The third-order valence-electron chi connectivity index (χ3n) is 3.15. The van der Waals surface area contributed by atoms with Crippen LogP contribution in [0.15, 0.2) is 30.3 Å². The van der Waals surface area contributed by atoms with Crippen molar-refractivity contribution >= 4 is 12.0 Å². The van der Waals surface area contributed by atoms with E-state index in [1.165, 1.54) is 7.11 Å². The summed E-state index contributed by atoms with van der Waals surface area (Å²) in [7, 11) is 1.49. The van der Waals surface area contributed by atoms with E-state index in [0.717, 1.165) is 5.56 Å². The zero-order valence-electron chi connectivity index (χ0n) is 12.3. The Morgan fingerprint density at radius 3 is 2.52 bits per heavy atom. The Morgan fingerprint density at radius 2 is 1.95 bits per heavy atom. The van der Waals surface area contributed by atoms with E-state index in [0.29, 0.717) is 6.54 Å². The van der Waals surface area contributed by atoms with Gasteiger partial charge in [0.15, 0.2) is 0 Å². The van der Waals surface area contributed by atoms with Gasteiger partial charge in [0, 0.05) is 26.7 Å². The first kappa shape index (κ1) is 17.0. The molecule has 0 bridgehead atoms. The third-order valence-corrected chi connectivity index (χ3v) is 3.15. The number of hydrogen-bond donors (Lipinski definition) is 3. The molecule has 6 nitrogen and oxygen atoms in total. The van der Waals surface area contributed by atoms with E-state index in [1.807, 2.05) is 37.3 Å². The highest BCUT2D eigenvalue weighted by molar-refractivity contribution is 5.82. The van der Waals surface area contributed by atoms with Crippen molar-refractivity contribution in [3.63, 3.8) is 0 Å². The molecule has 0 spiro atoms. The molecule has 21 heavy (non-hydrogen) atoms. The smallest absolute Gasteiger partial charge is 0.326 e. The van der Waals surface area contributed by atoms with Gasteiger partial charge in [0.1, 0.15) is 6.04 Å². The summed E-state index contributed by atoms with van der Waals surface area (Å²) in [5.74, 6) is -0.919. The van der Waals surface area contributed by atoms with E-state index >= 15 is 0 Å². The molecule has 1 rings (SSSR count). The van der Waals surface area contributed by atoms with Gasteiger partial charge in [0.05, 0.1) is 0 Å². The van der Waals surface area contributed by atoms with E-state index in [2.05, 4.69) is 10.6 Å². The molecule has 116 valence electrons. The molecule has 0 saturated carbocycles. The molecule has 1 aromatic carbocycles. The van der Waals surface area contributed by atoms with Crippen LogP contribution in [0.25, 0.3) is 0 Å². The van der Waals surface area contributed by atoms with Crippen LogP contribution in [0.3, 0.4) is 0 Å². The molecule has 0 heterocycles. The summed E-state index contributed by atoms with van der Waals surface area (Å²) in [6.45, 7) is 2.71. The van der Waals surface area contributed by atoms with Crippen LogP contribution in [0.2, 0.25) is 0 Å². The topological polar surface area (TPSA) is 87.7 Å². The Hall–Kier alpha value is -2.08. The quantitative estimate of drug-likeness (QED) is 0.679. The van der Waals surface area contributed by atoms with Gasteiger partial charge in [-0.25, -0.2) is 9.59 Å². The van der Waals surface area contributed by atoms with Crippen molar-refractivity contribution in [2.24, 2.45) is 0 Å². The molecule has 6 heteroatoms. The lowest BCUT2D eigenvalue weighted by atomic mass is 10.0. The lowest BCUT2D eigenvalue weighted by molar-refractivity contribution is -0.139. The van der Waals surface area contributed by atoms with Gasteiger partial charge < -0.3 is 20.5 Å². The standard InChI is InChI=1S/C15H22N2O4/c1-11(12-6-4-3-5-7-12)10-16-15(20)17-13(14(18)19)8-9-21-2/h3-7,11,13H,8-10H2,1-2H3,(H,18,19)(H2,16,17,20). The van der Waals surface area contributed by atoms with Crippen molar-refractivity contribution in [3.8, 4) is 0 Å². The monoisotopic (exact) mass is 294 g/mol. The van der Waals surface area contributed by atoms with E-state index in [9.17, 15) is 9.59 Å². The van der Waals surface area contributed by atoms with Crippen LogP contribution >= 0.6 is 0 Å². The number of benzene rings is 1. The normalized spacial score (nSPS) is 13.2. The van der Waals surface area contributed by atoms with Crippen molar-refractivity contribution < 1.29 is 19.4 Å². The highest BCUT2D eigenvalue weighted by Gasteiger charge is 2.19. The highest BCUT2D eigenvalue weighted by atomic mass is 16.5. The number of amides is 2. The maximum absolute atomic E-state index is 11.7. The first-order valence-electron chi connectivity index (χ1n) is 6.85. The van der Waals surface area contributed by atoms with Crippen molar-refractivity contribution in [1.29, 1.82) is 0 Å². The summed E-state index contributed by atoms with van der Waals surface area (Å²) >= 11 is 0. The van der Waals surface area contributed by atoms with E-state index in [4.69, 9.17) is 9.84 Å². The van der Waals surface area contributed by atoms with Crippen molar-refractivity contribution in [3.05, 3.63) is 35.9 Å². The molecule has 0 radical (unpaired) electrons. The second-order valence-electron chi connectivity index (χ2n) is 4.84. The fourth-order valence-corrected chi connectivity index (χ4v) is 1.85. The SMILES string of the molecule is COCCC(NC(=O)NCC(C)c1ccccc1)C(=O)O. The van der Waals surface area contributed by atoms with Gasteiger partial charge in [-0.15, -0.1) is 0 Å². The van der Waals surface area contributed by atoms with Crippen LogP contribution in [-0.4, -0.2) is 43.4 Å². The maximum Gasteiger partial charge on any atom is 0.326 e. The van der Waals surface area contributed by atoms with Gasteiger partial charge in [-0.3, -0.25) is 0 Å². The molecule has 2 amide bonds. The van der Waals surface area contributed by atoms with Crippen molar-refractivity contribution in [2.45, 2.75) is 25.3 Å². The number of aliphatic carboxylic acids is 1. The van der Waals surface area contributed by atoms with E-state index in [1.54, 1.807) is 0 Å². The number of hydrogen-bond acceptors (Lipinski definition) is 3. The average Bonchev–Trinajstić information content (AvgIpc) is 2.49. The summed E-state index contributed by atoms with van der Waals surface area (Å²) in [5.41, 5.74) is 1.12. The Morgan fingerprint density at radius 1 is 1.29 bits per heavy atom. The summed E-state index contributed by atoms with van der Waals surface area (Å²) < 4.78 is 4.83. The number of carbonyl (C=O) groups is 2. The average molecular weight is 294 g/mol. The number of carbonyl (C=O) groups excluding carboxylic acids is 1. The fourth-order valence-electron chi connectivity index (χ4n) is 1.85. The Bertz CT molecular complexity index is 450. The molecule has 0 saturated heterocycles. The van der Waals surface area contributed by atoms with Crippen LogP contribution in [0.4, 0.5) is 4.79 Å². The number of carboxylic acids is 1. The Balaban J connectivity index is 2.40. The predicted octanol–water partition coefficient (Wildman–Crippen LogP) is 1.58. The second kappa shape index (κ2) is 8.97. The van der Waals surface area contributed by atoms with E-state index < -0.39 is 18.0 Å². The summed E-state index contributed by atoms with van der Waals surface area (Å²) in [6.07, 6.45) is 0.230. The molecule has 2 unspecified atom stereocenters. The largest absolute Gasteiger partial charge is 0.480 e. The van der Waals surface area contributed by atoms with Crippen molar-refractivity contribution in [2.75, 3.05) is 20.3 Å². The first-order chi connectivity index (χ1) is 10.0. The summed E-state index contributed by atoms with van der Waals surface area (Å²) in [6, 6.07) is 8.36. The zero-order chi connectivity index (χ0) is 15.7. The molecule has 0 aliphatic carbocycles. The van der Waals surface area contributed by atoms with Crippen LogP contribution in [-0.2, 0) is 9.53 Å². The molecule has 3 N–H and O–H groups in total. The van der Waals surface area contributed by atoms with Crippen LogP contribution < -0.4 is 10.6 Å². The summed E-state index contributed by atoms with van der Waals surface area (Å²) in [4.78, 5) is 22.7. The molecule has 0 aromatic heterocycles. The minimum Gasteiger partial charge on any atom is -0.480 e. The Labute approximate surface area is 124 Å². The number of rotatable bonds is 8. The van der Waals surface area contributed by atoms with Gasteiger partial charge >= 0.3 is 12.0 Å². The van der Waals surface area contributed by atoms with Gasteiger partial charge in [-0.1, -0.05) is 37.3 Å². The number of carboxylic acid groups (broad SMARTS) is 1. The van der Waals surface area contributed by atoms with E-state index in [-0.39, 0.29) is 18.9 Å². The van der Waals surface area contributed by atoms with Gasteiger partial charge in [-0.2, -0.15) is 0 Å². The lowest BCUT2D eigenvalue weighted by Gasteiger charge is -2.17. The van der Waals surface area contributed by atoms with Gasteiger partial charge in [0.2, 0.25) is 0 Å². The van der Waals surface area contributed by atoms with Crippen LogP contribution in [0.1, 0.15) is 24.8 Å². The van der Waals surface area contributed by atoms with Crippen LogP contribution in [0, 0.1) is 0 Å². The molecular formula is C15H22N2O4. The second-order valence-corrected chi connectivity index (χ2v) is 4.84. The van der Waals surface area contributed by atoms with Gasteiger partial charge in [0.25, 0.3) is 0 Å². The molecule has 1 aromatic rings.